The maximum atomic E-state index is 12.9. The Labute approximate surface area is 143 Å². The molecule has 5 nitrogen and oxygen atoms in total. The number of benzene rings is 1. The summed E-state index contributed by atoms with van der Waals surface area (Å²) in [4.78, 5) is 29.0. The fourth-order valence-corrected chi connectivity index (χ4v) is 3.26. The first-order valence-corrected chi connectivity index (χ1v) is 8.57. The third-order valence-corrected chi connectivity index (χ3v) is 4.77. The highest BCUT2D eigenvalue weighted by molar-refractivity contribution is 5.88. The van der Waals surface area contributed by atoms with Crippen molar-refractivity contribution in [3.05, 3.63) is 35.9 Å². The number of amides is 2. The summed E-state index contributed by atoms with van der Waals surface area (Å²) in [6.45, 7) is 8.48. The molecule has 2 aliphatic rings. The van der Waals surface area contributed by atoms with Crippen molar-refractivity contribution in [3.63, 3.8) is 0 Å². The van der Waals surface area contributed by atoms with E-state index >= 15 is 0 Å². The van der Waals surface area contributed by atoms with E-state index in [1.54, 1.807) is 11.8 Å². The number of hydrogen-bond acceptors (Lipinski definition) is 3. The predicted molar refractivity (Wildman–Crippen MR) is 91.4 cm³/mol. The van der Waals surface area contributed by atoms with Gasteiger partial charge < -0.3 is 9.64 Å². The van der Waals surface area contributed by atoms with Crippen LogP contribution >= 0.6 is 0 Å². The van der Waals surface area contributed by atoms with Gasteiger partial charge in [-0.05, 0) is 46.1 Å². The quantitative estimate of drug-likeness (QED) is 0.837. The Bertz CT molecular complexity index is 632. The lowest BCUT2D eigenvalue weighted by molar-refractivity contribution is -0.147. The Hall–Kier alpha value is -2.04. The van der Waals surface area contributed by atoms with E-state index < -0.39 is 17.7 Å². The average Bonchev–Trinajstić information content (AvgIpc) is 3.27. The van der Waals surface area contributed by atoms with Crippen molar-refractivity contribution in [2.45, 2.75) is 64.3 Å². The molecule has 0 radical (unpaired) electrons. The van der Waals surface area contributed by atoms with E-state index in [1.807, 2.05) is 56.0 Å². The molecule has 5 heteroatoms. The fraction of sp³-hybridized carbons (Fsp3) is 0.579. The van der Waals surface area contributed by atoms with Crippen LogP contribution in [0, 0.1) is 0 Å². The molecular weight excluding hydrogens is 304 g/mol. The molecule has 1 aromatic rings. The number of ether oxygens (including phenoxy) is 1. The molecule has 1 heterocycles. The van der Waals surface area contributed by atoms with Crippen LogP contribution in [0.4, 0.5) is 4.79 Å². The number of carbonyl (C=O) groups excluding carboxylic acids is 2. The van der Waals surface area contributed by atoms with Crippen molar-refractivity contribution in [2.75, 3.05) is 6.54 Å². The van der Waals surface area contributed by atoms with Crippen molar-refractivity contribution in [2.24, 2.45) is 0 Å². The fourth-order valence-electron chi connectivity index (χ4n) is 3.26. The molecule has 1 saturated heterocycles. The molecule has 0 bridgehead atoms. The lowest BCUT2D eigenvalue weighted by Crippen LogP contribution is -2.63. The van der Waals surface area contributed by atoms with Crippen LogP contribution in [-0.2, 0) is 16.1 Å². The molecule has 1 aliphatic heterocycles. The minimum atomic E-state index is -0.558. The number of hydrogen-bond donors (Lipinski definition) is 0. The van der Waals surface area contributed by atoms with Crippen LogP contribution in [0.5, 0.6) is 0 Å². The molecule has 2 fully saturated rings. The van der Waals surface area contributed by atoms with Gasteiger partial charge in [0.2, 0.25) is 5.91 Å². The van der Waals surface area contributed by atoms with E-state index in [4.69, 9.17) is 4.74 Å². The highest BCUT2D eigenvalue weighted by Gasteiger charge is 2.57. The zero-order valence-electron chi connectivity index (χ0n) is 14.9. The third-order valence-electron chi connectivity index (χ3n) is 4.77. The Kier molecular flexibility index (Phi) is 4.06. The highest BCUT2D eigenvalue weighted by Crippen LogP contribution is 2.46. The minimum absolute atomic E-state index is 0.00784. The van der Waals surface area contributed by atoms with E-state index in [2.05, 4.69) is 0 Å². The normalized spacial score (nSPS) is 22.7. The summed E-state index contributed by atoms with van der Waals surface area (Å²) >= 11 is 0. The standard InChI is InChI=1S/C19H26N2O3/c1-14-16(22)21(12-15-8-6-5-7-9-15)19(10-11-19)13-20(14)17(23)24-18(2,3)4/h5-9,14H,10-13H2,1-4H3. The van der Waals surface area contributed by atoms with Crippen molar-refractivity contribution in [1.29, 1.82) is 0 Å². The van der Waals surface area contributed by atoms with Crippen molar-refractivity contribution < 1.29 is 14.3 Å². The van der Waals surface area contributed by atoms with Gasteiger partial charge in [0.15, 0.2) is 0 Å². The van der Waals surface area contributed by atoms with Crippen molar-refractivity contribution in [1.82, 2.24) is 9.80 Å². The summed E-state index contributed by atoms with van der Waals surface area (Å²) in [5.41, 5.74) is 0.351. The van der Waals surface area contributed by atoms with Crippen molar-refractivity contribution >= 4 is 12.0 Å². The Morgan fingerprint density at radius 3 is 2.42 bits per heavy atom. The number of carbonyl (C=O) groups is 2. The number of rotatable bonds is 2. The summed E-state index contributed by atoms with van der Waals surface area (Å²) in [6.07, 6.45) is 1.49. The molecule has 1 atom stereocenters. The van der Waals surface area contributed by atoms with Gasteiger partial charge in [-0.15, -0.1) is 0 Å². The van der Waals surface area contributed by atoms with Crippen molar-refractivity contribution in [3.8, 4) is 0 Å². The zero-order valence-corrected chi connectivity index (χ0v) is 14.9. The predicted octanol–water partition coefficient (Wildman–Crippen LogP) is 3.19. The largest absolute Gasteiger partial charge is 0.444 e. The Morgan fingerprint density at radius 2 is 1.88 bits per heavy atom. The molecular formula is C19H26N2O3. The van der Waals surface area contributed by atoms with Crippen LogP contribution in [0.25, 0.3) is 0 Å². The lowest BCUT2D eigenvalue weighted by Gasteiger charge is -2.45. The lowest BCUT2D eigenvalue weighted by atomic mass is 10.0. The van der Waals surface area contributed by atoms with Gasteiger partial charge in [-0.25, -0.2) is 4.79 Å². The van der Waals surface area contributed by atoms with Crippen LogP contribution in [-0.4, -0.2) is 45.5 Å². The van der Waals surface area contributed by atoms with Gasteiger partial charge >= 0.3 is 6.09 Å². The second kappa shape index (κ2) is 5.80. The van der Waals surface area contributed by atoms with Gasteiger partial charge in [0.05, 0.1) is 5.54 Å². The van der Waals surface area contributed by atoms with E-state index in [0.717, 1.165) is 18.4 Å². The molecule has 1 aromatic carbocycles. The summed E-state index contributed by atoms with van der Waals surface area (Å²) in [5.74, 6) is 0.00784. The second-order valence-corrected chi connectivity index (χ2v) is 7.92. The van der Waals surface area contributed by atoms with Gasteiger partial charge in [0, 0.05) is 13.1 Å². The average molecular weight is 330 g/mol. The van der Waals surface area contributed by atoms with Crippen LogP contribution in [0.2, 0.25) is 0 Å². The molecule has 3 rings (SSSR count). The SMILES string of the molecule is CC1C(=O)N(Cc2ccccc2)C2(CC2)CN1C(=O)OC(C)(C)C. The molecule has 0 N–H and O–H groups in total. The highest BCUT2D eigenvalue weighted by atomic mass is 16.6. The van der Waals surface area contributed by atoms with E-state index in [1.165, 1.54) is 0 Å². The molecule has 1 saturated carbocycles. The van der Waals surface area contributed by atoms with Gasteiger partial charge in [0.1, 0.15) is 11.6 Å². The van der Waals surface area contributed by atoms with Crippen LogP contribution in [0.15, 0.2) is 30.3 Å². The molecule has 1 unspecified atom stereocenters. The van der Waals surface area contributed by atoms with Crippen LogP contribution < -0.4 is 0 Å². The first-order valence-electron chi connectivity index (χ1n) is 8.57. The molecule has 24 heavy (non-hydrogen) atoms. The number of piperazine rings is 1. The maximum Gasteiger partial charge on any atom is 0.411 e. The molecule has 1 spiro atoms. The minimum Gasteiger partial charge on any atom is -0.444 e. The van der Waals surface area contributed by atoms with E-state index in [0.29, 0.717) is 13.1 Å². The van der Waals surface area contributed by atoms with Gasteiger partial charge in [-0.1, -0.05) is 30.3 Å². The second-order valence-electron chi connectivity index (χ2n) is 7.92. The molecule has 0 aromatic heterocycles. The monoisotopic (exact) mass is 330 g/mol. The summed E-state index contributed by atoms with van der Waals surface area (Å²) in [7, 11) is 0. The summed E-state index contributed by atoms with van der Waals surface area (Å²) in [6, 6.07) is 9.53. The first-order chi connectivity index (χ1) is 11.2. The smallest absolute Gasteiger partial charge is 0.411 e. The van der Waals surface area contributed by atoms with Gasteiger partial charge in [0.25, 0.3) is 0 Å². The third kappa shape index (κ3) is 3.25. The molecule has 2 amide bonds. The van der Waals surface area contributed by atoms with E-state index in [9.17, 15) is 9.59 Å². The van der Waals surface area contributed by atoms with Crippen LogP contribution in [0.1, 0.15) is 46.1 Å². The van der Waals surface area contributed by atoms with Gasteiger partial charge in [-0.2, -0.15) is 0 Å². The number of nitrogens with zero attached hydrogens (tertiary/aromatic N) is 2. The molecule has 1 aliphatic carbocycles. The summed E-state index contributed by atoms with van der Waals surface area (Å²) < 4.78 is 5.49. The Morgan fingerprint density at radius 1 is 1.25 bits per heavy atom. The topological polar surface area (TPSA) is 49.9 Å². The molecule has 130 valence electrons. The van der Waals surface area contributed by atoms with Crippen LogP contribution in [0.3, 0.4) is 0 Å². The first kappa shape index (κ1) is 16.8. The summed E-state index contributed by atoms with van der Waals surface area (Å²) in [5, 5.41) is 0. The maximum absolute atomic E-state index is 12.9. The van der Waals surface area contributed by atoms with E-state index in [-0.39, 0.29) is 11.4 Å². The Balaban J connectivity index is 1.78. The zero-order chi connectivity index (χ0) is 17.5. The van der Waals surface area contributed by atoms with Gasteiger partial charge in [-0.3, -0.25) is 9.69 Å².